The molecule has 3 atom stereocenters. The van der Waals surface area contributed by atoms with Crippen LogP contribution >= 0.6 is 0 Å². The van der Waals surface area contributed by atoms with Gasteiger partial charge in [-0.25, -0.2) is 4.79 Å². The molecule has 6 nitrogen and oxygen atoms in total. The summed E-state index contributed by atoms with van der Waals surface area (Å²) in [6, 6.07) is -0.942. The minimum Gasteiger partial charge on any atom is -0.465 e. The van der Waals surface area contributed by atoms with Crippen molar-refractivity contribution >= 4 is 12.1 Å². The highest BCUT2D eigenvalue weighted by atomic mass is 16.5. The van der Waals surface area contributed by atoms with Crippen LogP contribution in [0.4, 0.5) is 4.79 Å². The second-order valence-corrected chi connectivity index (χ2v) is 8.38. The second kappa shape index (κ2) is 7.51. The molecule has 1 rings (SSSR count). The van der Waals surface area contributed by atoms with Crippen molar-refractivity contribution in [3.8, 4) is 0 Å². The van der Waals surface area contributed by atoms with E-state index in [1.807, 2.05) is 6.92 Å². The number of ether oxygens (including phenoxy) is 1. The zero-order valence-corrected chi connectivity index (χ0v) is 15.0. The monoisotopic (exact) mass is 328 g/mol. The highest BCUT2D eigenvalue weighted by Crippen LogP contribution is 2.47. The van der Waals surface area contributed by atoms with Gasteiger partial charge in [0, 0.05) is 6.04 Å². The van der Waals surface area contributed by atoms with E-state index < -0.39 is 17.6 Å². The molecule has 0 aromatic rings. The normalized spacial score (nSPS) is 28.2. The lowest BCUT2D eigenvalue weighted by Gasteiger charge is -2.48. The maximum absolute atomic E-state index is 12.3. The molecule has 1 aliphatic carbocycles. The summed E-state index contributed by atoms with van der Waals surface area (Å²) in [5.74, 6) is 0.0762. The van der Waals surface area contributed by atoms with E-state index in [-0.39, 0.29) is 17.4 Å². The summed E-state index contributed by atoms with van der Waals surface area (Å²) in [5.41, 5.74) is 5.64. The fraction of sp³-hybridized carbons (Fsp3) is 0.882. The van der Waals surface area contributed by atoms with Gasteiger partial charge in [0.15, 0.2) is 0 Å². The molecule has 1 aliphatic rings. The Morgan fingerprint density at radius 2 is 1.91 bits per heavy atom. The number of carboxylic acid groups (broad SMARTS) is 1. The SMILES string of the molecule is CC(C)CCOC(=O)C(N)C1(C)CC(NC(=O)O)CC(C)(C)C1. The van der Waals surface area contributed by atoms with Gasteiger partial charge in [-0.3, -0.25) is 4.79 Å². The lowest BCUT2D eigenvalue weighted by Crippen LogP contribution is -2.55. The number of nitrogens with one attached hydrogen (secondary N) is 1. The first-order valence-electron chi connectivity index (χ1n) is 8.37. The molecule has 1 saturated carbocycles. The standard InChI is InChI=1S/C17H32N2O4/c1-11(2)6-7-23-14(20)13(18)17(5)9-12(19-15(21)22)8-16(3,4)10-17/h11-13,19H,6-10,18H2,1-5H3,(H,21,22). The molecule has 4 N–H and O–H groups in total. The van der Waals surface area contributed by atoms with E-state index in [9.17, 15) is 9.59 Å². The zero-order chi connectivity index (χ0) is 17.8. The fourth-order valence-electron chi connectivity index (χ4n) is 3.82. The predicted octanol–water partition coefficient (Wildman–Crippen LogP) is 2.76. The van der Waals surface area contributed by atoms with Gasteiger partial charge < -0.3 is 20.9 Å². The molecule has 0 heterocycles. The molecule has 6 heteroatoms. The first-order valence-corrected chi connectivity index (χ1v) is 8.37. The van der Waals surface area contributed by atoms with Crippen LogP contribution in [0.25, 0.3) is 0 Å². The average molecular weight is 328 g/mol. The Morgan fingerprint density at radius 1 is 1.30 bits per heavy atom. The van der Waals surface area contributed by atoms with Crippen LogP contribution in [0, 0.1) is 16.7 Å². The van der Waals surface area contributed by atoms with Crippen molar-refractivity contribution in [3.63, 3.8) is 0 Å². The molecule has 1 fully saturated rings. The summed E-state index contributed by atoms with van der Waals surface area (Å²) in [4.78, 5) is 23.2. The molecule has 1 amide bonds. The molecule has 0 saturated heterocycles. The Hall–Kier alpha value is -1.30. The van der Waals surface area contributed by atoms with Crippen LogP contribution in [0.3, 0.4) is 0 Å². The number of esters is 1. The summed E-state index contributed by atoms with van der Waals surface area (Å²) in [5, 5.41) is 11.5. The third-order valence-electron chi connectivity index (χ3n) is 4.67. The summed E-state index contributed by atoms with van der Waals surface area (Å²) < 4.78 is 5.32. The van der Waals surface area contributed by atoms with Crippen molar-refractivity contribution in [2.24, 2.45) is 22.5 Å². The van der Waals surface area contributed by atoms with Crippen LogP contribution in [0.1, 0.15) is 60.3 Å². The average Bonchev–Trinajstić information content (AvgIpc) is 2.33. The van der Waals surface area contributed by atoms with Gasteiger partial charge in [0.05, 0.1) is 6.61 Å². The van der Waals surface area contributed by atoms with Crippen LogP contribution in [0.5, 0.6) is 0 Å². The van der Waals surface area contributed by atoms with Gasteiger partial charge >= 0.3 is 12.1 Å². The highest BCUT2D eigenvalue weighted by Gasteiger charge is 2.47. The Bertz CT molecular complexity index is 436. The van der Waals surface area contributed by atoms with Crippen LogP contribution in [-0.4, -0.2) is 35.9 Å². The summed E-state index contributed by atoms with van der Waals surface area (Å²) in [7, 11) is 0. The molecule has 0 aliphatic heterocycles. The molecule has 23 heavy (non-hydrogen) atoms. The molecule has 0 bridgehead atoms. The first kappa shape index (κ1) is 19.7. The van der Waals surface area contributed by atoms with Crippen LogP contribution < -0.4 is 11.1 Å². The maximum Gasteiger partial charge on any atom is 0.404 e. The van der Waals surface area contributed by atoms with Gasteiger partial charge in [0.2, 0.25) is 0 Å². The number of hydrogen-bond donors (Lipinski definition) is 3. The smallest absolute Gasteiger partial charge is 0.404 e. The minimum atomic E-state index is -1.04. The Kier molecular flexibility index (Phi) is 6.45. The quantitative estimate of drug-likeness (QED) is 0.651. The largest absolute Gasteiger partial charge is 0.465 e. The highest BCUT2D eigenvalue weighted by molar-refractivity contribution is 5.76. The predicted molar refractivity (Wildman–Crippen MR) is 89.1 cm³/mol. The summed E-state index contributed by atoms with van der Waals surface area (Å²) in [6.45, 7) is 10.6. The van der Waals surface area contributed by atoms with Gasteiger partial charge in [-0.05, 0) is 42.4 Å². The molecule has 134 valence electrons. The van der Waals surface area contributed by atoms with Crippen molar-refractivity contribution in [2.45, 2.75) is 72.4 Å². The summed E-state index contributed by atoms with van der Waals surface area (Å²) >= 11 is 0. The molecular formula is C17H32N2O4. The second-order valence-electron chi connectivity index (χ2n) is 8.38. The topological polar surface area (TPSA) is 102 Å². The molecule has 3 unspecified atom stereocenters. The number of hydrogen-bond acceptors (Lipinski definition) is 4. The number of carbonyl (C=O) groups excluding carboxylic acids is 1. The number of amides is 1. The Labute approximate surface area is 139 Å². The van der Waals surface area contributed by atoms with Gasteiger partial charge in [-0.2, -0.15) is 0 Å². The van der Waals surface area contributed by atoms with Crippen molar-refractivity contribution in [1.29, 1.82) is 0 Å². The summed E-state index contributed by atoms with van der Waals surface area (Å²) in [6.07, 6.45) is 1.82. The van der Waals surface area contributed by atoms with E-state index in [2.05, 4.69) is 33.0 Å². The molecule has 0 aromatic heterocycles. The van der Waals surface area contributed by atoms with Gasteiger partial charge in [-0.15, -0.1) is 0 Å². The van der Waals surface area contributed by atoms with Gasteiger partial charge in [-0.1, -0.05) is 34.6 Å². The van der Waals surface area contributed by atoms with Crippen LogP contribution in [-0.2, 0) is 9.53 Å². The number of nitrogens with two attached hydrogens (primary N) is 1. The molecule has 0 spiro atoms. The van der Waals surface area contributed by atoms with E-state index >= 15 is 0 Å². The molecular weight excluding hydrogens is 296 g/mol. The van der Waals surface area contributed by atoms with Crippen molar-refractivity contribution in [1.82, 2.24) is 5.32 Å². The lowest BCUT2D eigenvalue weighted by atomic mass is 9.60. The molecule has 0 radical (unpaired) electrons. The van der Waals surface area contributed by atoms with Crippen molar-refractivity contribution in [2.75, 3.05) is 6.61 Å². The van der Waals surface area contributed by atoms with Crippen LogP contribution in [0.2, 0.25) is 0 Å². The third kappa shape index (κ3) is 6.01. The maximum atomic E-state index is 12.3. The van der Waals surface area contributed by atoms with Crippen molar-refractivity contribution < 1.29 is 19.4 Å². The van der Waals surface area contributed by atoms with E-state index in [0.29, 0.717) is 18.9 Å². The van der Waals surface area contributed by atoms with E-state index in [1.165, 1.54) is 0 Å². The zero-order valence-electron chi connectivity index (χ0n) is 15.0. The van der Waals surface area contributed by atoms with E-state index in [0.717, 1.165) is 19.3 Å². The lowest BCUT2D eigenvalue weighted by molar-refractivity contribution is -0.150. The van der Waals surface area contributed by atoms with E-state index in [1.54, 1.807) is 0 Å². The third-order valence-corrected chi connectivity index (χ3v) is 4.67. The minimum absolute atomic E-state index is 0.0874. The van der Waals surface area contributed by atoms with Crippen LogP contribution in [0.15, 0.2) is 0 Å². The Morgan fingerprint density at radius 3 is 2.43 bits per heavy atom. The van der Waals surface area contributed by atoms with Crippen molar-refractivity contribution in [3.05, 3.63) is 0 Å². The van der Waals surface area contributed by atoms with Gasteiger partial charge in [0.25, 0.3) is 0 Å². The van der Waals surface area contributed by atoms with Gasteiger partial charge in [0.1, 0.15) is 6.04 Å². The number of carbonyl (C=O) groups is 2. The first-order chi connectivity index (χ1) is 10.4. The Balaban J connectivity index is 2.76. The van der Waals surface area contributed by atoms with E-state index in [4.69, 9.17) is 15.6 Å². The molecule has 0 aromatic carbocycles. The fourth-order valence-corrected chi connectivity index (χ4v) is 3.82. The number of rotatable bonds is 6.